The summed E-state index contributed by atoms with van der Waals surface area (Å²) in [6.07, 6.45) is 3.25. The second-order valence-electron chi connectivity index (χ2n) is 7.79. The molecule has 0 saturated carbocycles. The molecule has 0 radical (unpaired) electrons. The molecule has 30 heavy (non-hydrogen) atoms. The van der Waals surface area contributed by atoms with Crippen LogP contribution in [0.3, 0.4) is 0 Å². The van der Waals surface area contributed by atoms with Gasteiger partial charge in [0.25, 0.3) is 5.91 Å². The first kappa shape index (κ1) is 21.6. The average molecular weight is 407 g/mol. The highest BCUT2D eigenvalue weighted by Crippen LogP contribution is 2.29. The summed E-state index contributed by atoms with van der Waals surface area (Å²) in [6.45, 7) is 9.84. The number of piperidine rings is 1. The van der Waals surface area contributed by atoms with Gasteiger partial charge in [-0.2, -0.15) is 0 Å². The van der Waals surface area contributed by atoms with Crippen molar-refractivity contribution in [3.63, 3.8) is 0 Å². The maximum Gasteiger partial charge on any atom is 0.317 e. The van der Waals surface area contributed by atoms with Crippen molar-refractivity contribution >= 4 is 11.9 Å². The summed E-state index contributed by atoms with van der Waals surface area (Å²) in [5, 5.41) is 5.85. The van der Waals surface area contributed by atoms with Crippen LogP contribution in [0.15, 0.2) is 49.1 Å². The Kier molecular flexibility index (Phi) is 7.22. The van der Waals surface area contributed by atoms with Crippen molar-refractivity contribution in [1.82, 2.24) is 20.5 Å². The van der Waals surface area contributed by atoms with Gasteiger partial charge in [-0.15, -0.1) is 6.58 Å². The molecular weight excluding hydrogens is 376 g/mol. The molecule has 2 N–H and O–H groups in total. The smallest absolute Gasteiger partial charge is 0.317 e. The van der Waals surface area contributed by atoms with E-state index >= 15 is 0 Å². The Morgan fingerprint density at radius 3 is 2.63 bits per heavy atom. The maximum absolute atomic E-state index is 12.9. The Bertz CT molecular complexity index is 917. The summed E-state index contributed by atoms with van der Waals surface area (Å²) in [4.78, 5) is 31.6. The van der Waals surface area contributed by atoms with Crippen LogP contribution < -0.4 is 10.6 Å². The van der Waals surface area contributed by atoms with E-state index in [9.17, 15) is 9.59 Å². The van der Waals surface area contributed by atoms with Crippen molar-refractivity contribution in [3.05, 3.63) is 77.1 Å². The zero-order valence-electron chi connectivity index (χ0n) is 17.8. The van der Waals surface area contributed by atoms with Gasteiger partial charge in [-0.3, -0.25) is 9.78 Å². The number of pyridine rings is 1. The number of nitrogens with zero attached hydrogens (tertiary/aromatic N) is 2. The van der Waals surface area contributed by atoms with Gasteiger partial charge in [-0.1, -0.05) is 35.9 Å². The number of aromatic nitrogens is 1. The van der Waals surface area contributed by atoms with Crippen LogP contribution in [-0.2, 0) is 6.54 Å². The zero-order chi connectivity index (χ0) is 21.5. The summed E-state index contributed by atoms with van der Waals surface area (Å²) in [5.74, 6) is 0.0539. The Morgan fingerprint density at radius 2 is 1.93 bits per heavy atom. The quantitative estimate of drug-likeness (QED) is 0.719. The molecule has 0 spiro atoms. The Labute approximate surface area is 178 Å². The van der Waals surface area contributed by atoms with E-state index in [1.807, 2.05) is 49.1 Å². The molecule has 2 heterocycles. The van der Waals surface area contributed by atoms with Crippen molar-refractivity contribution < 1.29 is 9.59 Å². The second kappa shape index (κ2) is 10.1. The molecule has 1 fully saturated rings. The van der Waals surface area contributed by atoms with Gasteiger partial charge in [0.2, 0.25) is 0 Å². The molecule has 0 unspecified atom stereocenters. The van der Waals surface area contributed by atoms with Gasteiger partial charge in [-0.05, 0) is 44.4 Å². The van der Waals surface area contributed by atoms with Gasteiger partial charge in [-0.25, -0.2) is 4.79 Å². The molecule has 3 amide bonds. The van der Waals surface area contributed by atoms with Gasteiger partial charge in [0, 0.05) is 37.8 Å². The summed E-state index contributed by atoms with van der Waals surface area (Å²) in [7, 11) is 0. The summed E-state index contributed by atoms with van der Waals surface area (Å²) in [5.41, 5.74) is 4.60. The van der Waals surface area contributed by atoms with Crippen molar-refractivity contribution in [1.29, 1.82) is 0 Å². The Balaban J connectivity index is 1.67. The van der Waals surface area contributed by atoms with Crippen LogP contribution in [0.25, 0.3) is 0 Å². The molecule has 6 heteroatoms. The van der Waals surface area contributed by atoms with Gasteiger partial charge >= 0.3 is 6.03 Å². The van der Waals surface area contributed by atoms with Crippen molar-refractivity contribution in [2.75, 3.05) is 19.6 Å². The van der Waals surface area contributed by atoms with Crippen LogP contribution >= 0.6 is 0 Å². The van der Waals surface area contributed by atoms with Crippen LogP contribution in [0.4, 0.5) is 4.79 Å². The van der Waals surface area contributed by atoms with Crippen LogP contribution in [0.1, 0.15) is 51.6 Å². The largest absolute Gasteiger partial charge is 0.348 e. The summed E-state index contributed by atoms with van der Waals surface area (Å²) in [6, 6.07) is 11.8. The molecule has 0 aliphatic carbocycles. The fourth-order valence-electron chi connectivity index (χ4n) is 3.81. The van der Waals surface area contributed by atoms with Gasteiger partial charge in [0.1, 0.15) is 0 Å². The lowest BCUT2D eigenvalue weighted by molar-refractivity contribution is 0.0948. The fourth-order valence-corrected chi connectivity index (χ4v) is 3.81. The lowest BCUT2D eigenvalue weighted by Gasteiger charge is -2.32. The first-order valence-electron chi connectivity index (χ1n) is 10.4. The number of hydrogen-bond acceptors (Lipinski definition) is 3. The number of carbonyl (C=O) groups is 2. The molecular formula is C24H30N4O2. The minimum absolute atomic E-state index is 0.0679. The van der Waals surface area contributed by atoms with Crippen LogP contribution in [0.5, 0.6) is 0 Å². The second-order valence-corrected chi connectivity index (χ2v) is 7.79. The molecule has 1 aromatic heterocycles. The molecule has 158 valence electrons. The number of rotatable bonds is 6. The first-order chi connectivity index (χ1) is 14.5. The van der Waals surface area contributed by atoms with Crippen molar-refractivity contribution in [2.45, 2.75) is 39.2 Å². The predicted octanol–water partition coefficient (Wildman–Crippen LogP) is 3.70. The third kappa shape index (κ3) is 5.47. The van der Waals surface area contributed by atoms with E-state index in [4.69, 9.17) is 4.98 Å². The number of nitrogens with one attached hydrogen (secondary N) is 2. The molecule has 6 nitrogen and oxygen atoms in total. The van der Waals surface area contributed by atoms with E-state index in [-0.39, 0.29) is 17.9 Å². The lowest BCUT2D eigenvalue weighted by Crippen LogP contribution is -2.44. The number of aryl methyl sites for hydroxylation is 2. The molecule has 0 atom stereocenters. The molecule has 3 rings (SSSR count). The average Bonchev–Trinajstić information content (AvgIpc) is 2.76. The van der Waals surface area contributed by atoms with Gasteiger partial charge < -0.3 is 15.5 Å². The predicted molar refractivity (Wildman–Crippen MR) is 118 cm³/mol. The maximum atomic E-state index is 12.9. The molecule has 1 aliphatic rings. The number of hydrogen-bond donors (Lipinski definition) is 2. The van der Waals surface area contributed by atoms with Crippen LogP contribution in [0, 0.1) is 13.8 Å². The normalized spacial score (nSPS) is 14.3. The van der Waals surface area contributed by atoms with Gasteiger partial charge in [0.05, 0.1) is 11.3 Å². The Hall–Kier alpha value is -3.15. The van der Waals surface area contributed by atoms with Crippen molar-refractivity contribution in [2.24, 2.45) is 0 Å². The highest BCUT2D eigenvalue weighted by Gasteiger charge is 2.27. The zero-order valence-corrected chi connectivity index (χ0v) is 17.8. The standard InChI is InChI=1S/C24H30N4O2/c1-4-12-25-24(30)28-13-10-20(11-14-28)22-21(9-8-18(3)27-22)23(29)26-16-19-7-5-6-17(2)15-19/h4-9,15,20H,1,10-14,16H2,2-3H3,(H,25,30)(H,26,29). The SMILES string of the molecule is C=CCNC(=O)N1CCC(c2nc(C)ccc2C(=O)NCc2cccc(C)c2)CC1. The molecule has 2 aromatic rings. The van der Waals surface area contributed by atoms with E-state index in [0.29, 0.717) is 31.7 Å². The van der Waals surface area contributed by atoms with E-state index in [1.165, 1.54) is 5.56 Å². The number of urea groups is 1. The van der Waals surface area contributed by atoms with E-state index < -0.39 is 0 Å². The number of likely N-dealkylation sites (tertiary alicyclic amines) is 1. The minimum atomic E-state index is -0.106. The molecule has 0 bridgehead atoms. The highest BCUT2D eigenvalue weighted by molar-refractivity contribution is 5.95. The third-order valence-electron chi connectivity index (χ3n) is 5.41. The Morgan fingerprint density at radius 1 is 1.17 bits per heavy atom. The first-order valence-corrected chi connectivity index (χ1v) is 10.4. The lowest BCUT2D eigenvalue weighted by atomic mass is 9.90. The van der Waals surface area contributed by atoms with Gasteiger partial charge in [0.15, 0.2) is 0 Å². The van der Waals surface area contributed by atoms with Crippen molar-refractivity contribution in [3.8, 4) is 0 Å². The number of benzene rings is 1. The monoisotopic (exact) mass is 406 g/mol. The minimum Gasteiger partial charge on any atom is -0.348 e. The van der Waals surface area contributed by atoms with E-state index in [0.717, 1.165) is 29.8 Å². The number of carbonyl (C=O) groups excluding carboxylic acids is 2. The molecule has 1 aromatic carbocycles. The molecule has 1 saturated heterocycles. The summed E-state index contributed by atoms with van der Waals surface area (Å²) < 4.78 is 0. The van der Waals surface area contributed by atoms with E-state index in [1.54, 1.807) is 6.08 Å². The highest BCUT2D eigenvalue weighted by atomic mass is 16.2. The van der Waals surface area contributed by atoms with Crippen LogP contribution in [-0.4, -0.2) is 41.5 Å². The van der Waals surface area contributed by atoms with E-state index in [2.05, 4.69) is 23.3 Å². The van der Waals surface area contributed by atoms with Crippen LogP contribution in [0.2, 0.25) is 0 Å². The third-order valence-corrected chi connectivity index (χ3v) is 5.41. The summed E-state index contributed by atoms with van der Waals surface area (Å²) >= 11 is 0. The molecule has 1 aliphatic heterocycles. The fraction of sp³-hybridized carbons (Fsp3) is 0.375. The topological polar surface area (TPSA) is 74.3 Å². The number of amides is 3.